The van der Waals surface area contributed by atoms with Crippen LogP contribution in [0.5, 0.6) is 0 Å². The second-order valence-corrected chi connectivity index (χ2v) is 4.29. The zero-order valence-corrected chi connectivity index (χ0v) is 10.9. The van der Waals surface area contributed by atoms with E-state index in [4.69, 9.17) is 10.5 Å². The van der Waals surface area contributed by atoms with Crippen LogP contribution in [0.15, 0.2) is 6.07 Å². The molecule has 0 fully saturated rings. The Bertz CT molecular complexity index is 343. The van der Waals surface area contributed by atoms with Gasteiger partial charge in [0.1, 0.15) is 17.5 Å². The monoisotopic (exact) mass is 238 g/mol. The molecule has 0 bridgehead atoms. The second kappa shape index (κ2) is 7.06. The second-order valence-electron chi connectivity index (χ2n) is 4.29. The molecule has 1 aromatic rings. The van der Waals surface area contributed by atoms with E-state index < -0.39 is 0 Å². The van der Waals surface area contributed by atoms with Gasteiger partial charge >= 0.3 is 0 Å². The Morgan fingerprint density at radius 2 is 2.24 bits per heavy atom. The fourth-order valence-corrected chi connectivity index (χ4v) is 1.57. The first-order chi connectivity index (χ1) is 8.15. The summed E-state index contributed by atoms with van der Waals surface area (Å²) in [5, 5.41) is 3.26. The molecule has 0 saturated carbocycles. The van der Waals surface area contributed by atoms with Gasteiger partial charge in [0.2, 0.25) is 0 Å². The molecule has 0 spiro atoms. The number of hydrogen-bond donors (Lipinski definition) is 2. The van der Waals surface area contributed by atoms with Crippen molar-refractivity contribution < 1.29 is 4.74 Å². The third-order valence-electron chi connectivity index (χ3n) is 2.35. The maximum atomic E-state index is 5.74. The number of anilines is 2. The third kappa shape index (κ3) is 4.99. The zero-order chi connectivity index (χ0) is 12.7. The van der Waals surface area contributed by atoms with Gasteiger partial charge in [0.05, 0.1) is 6.61 Å². The molecule has 1 unspecified atom stereocenters. The lowest BCUT2D eigenvalue weighted by molar-refractivity contribution is 0.164. The van der Waals surface area contributed by atoms with E-state index in [2.05, 4.69) is 29.1 Å². The van der Waals surface area contributed by atoms with Gasteiger partial charge in [-0.25, -0.2) is 9.97 Å². The third-order valence-corrected chi connectivity index (χ3v) is 2.35. The molecule has 1 aromatic heterocycles. The van der Waals surface area contributed by atoms with E-state index in [1.54, 1.807) is 13.2 Å². The topological polar surface area (TPSA) is 73.1 Å². The van der Waals surface area contributed by atoms with Crippen LogP contribution in [0.3, 0.4) is 0 Å². The Kier molecular flexibility index (Phi) is 5.69. The maximum absolute atomic E-state index is 5.74. The summed E-state index contributed by atoms with van der Waals surface area (Å²) < 4.78 is 5.08. The fraction of sp³-hybridized carbons (Fsp3) is 0.667. The van der Waals surface area contributed by atoms with Crippen molar-refractivity contribution in [2.75, 3.05) is 31.3 Å². The number of nitrogens with one attached hydrogen (secondary N) is 1. The highest BCUT2D eigenvalue weighted by Crippen LogP contribution is 2.10. The molecule has 0 aliphatic heterocycles. The van der Waals surface area contributed by atoms with E-state index in [0.29, 0.717) is 11.7 Å². The Balaban J connectivity index is 2.57. The molecule has 96 valence electrons. The number of nitrogen functional groups attached to an aromatic ring is 1. The predicted octanol–water partition coefficient (Wildman–Crippen LogP) is 1.71. The van der Waals surface area contributed by atoms with Crippen LogP contribution in [0.25, 0.3) is 0 Å². The Hall–Kier alpha value is -1.36. The van der Waals surface area contributed by atoms with Gasteiger partial charge in [0.15, 0.2) is 0 Å². The van der Waals surface area contributed by atoms with Crippen LogP contribution < -0.4 is 11.1 Å². The van der Waals surface area contributed by atoms with Crippen molar-refractivity contribution in [2.45, 2.75) is 26.7 Å². The molecule has 1 heterocycles. The minimum absolute atomic E-state index is 0.436. The summed E-state index contributed by atoms with van der Waals surface area (Å²) in [5.41, 5.74) is 5.74. The zero-order valence-electron chi connectivity index (χ0n) is 10.9. The molecular weight excluding hydrogens is 216 g/mol. The lowest BCUT2D eigenvalue weighted by Crippen LogP contribution is -2.17. The molecule has 1 rings (SSSR count). The van der Waals surface area contributed by atoms with Crippen molar-refractivity contribution in [3.63, 3.8) is 0 Å². The van der Waals surface area contributed by atoms with E-state index in [-0.39, 0.29) is 0 Å². The van der Waals surface area contributed by atoms with Crippen LogP contribution in [0, 0.1) is 5.92 Å². The highest BCUT2D eigenvalue weighted by atomic mass is 16.5. The number of hydrogen-bond acceptors (Lipinski definition) is 5. The molecule has 0 saturated heterocycles. The van der Waals surface area contributed by atoms with Crippen LogP contribution >= 0.6 is 0 Å². The van der Waals surface area contributed by atoms with Gasteiger partial charge in [-0.1, -0.05) is 13.8 Å². The van der Waals surface area contributed by atoms with Gasteiger partial charge < -0.3 is 15.8 Å². The van der Waals surface area contributed by atoms with E-state index in [9.17, 15) is 0 Å². The smallest absolute Gasteiger partial charge is 0.133 e. The summed E-state index contributed by atoms with van der Waals surface area (Å²) in [6.07, 6.45) is 1.87. The molecule has 0 amide bonds. The summed E-state index contributed by atoms with van der Waals surface area (Å²) in [6, 6.07) is 1.76. The molecule has 3 N–H and O–H groups in total. The number of methoxy groups -OCH3 is 1. The Morgan fingerprint density at radius 3 is 2.88 bits per heavy atom. The normalized spacial score (nSPS) is 12.4. The van der Waals surface area contributed by atoms with Crippen LogP contribution in [-0.2, 0) is 11.2 Å². The first-order valence-corrected chi connectivity index (χ1v) is 6.02. The lowest BCUT2D eigenvalue weighted by Gasteiger charge is -2.12. The molecule has 0 radical (unpaired) electrons. The van der Waals surface area contributed by atoms with Crippen LogP contribution in [0.4, 0.5) is 11.6 Å². The number of aromatic nitrogens is 2. The van der Waals surface area contributed by atoms with E-state index in [1.165, 1.54) is 0 Å². The van der Waals surface area contributed by atoms with Gasteiger partial charge in [-0.15, -0.1) is 0 Å². The summed E-state index contributed by atoms with van der Waals surface area (Å²) in [7, 11) is 1.71. The van der Waals surface area contributed by atoms with E-state index in [1.807, 2.05) is 0 Å². The van der Waals surface area contributed by atoms with Gasteiger partial charge in [-0.3, -0.25) is 0 Å². The summed E-state index contributed by atoms with van der Waals surface area (Å²) in [4.78, 5) is 8.60. The molecule has 0 aromatic carbocycles. The highest BCUT2D eigenvalue weighted by molar-refractivity contribution is 5.44. The highest BCUT2D eigenvalue weighted by Gasteiger charge is 2.04. The quantitative estimate of drug-likeness (QED) is 0.756. The van der Waals surface area contributed by atoms with Crippen molar-refractivity contribution in [3.8, 4) is 0 Å². The molecule has 5 heteroatoms. The first-order valence-electron chi connectivity index (χ1n) is 6.02. The minimum Gasteiger partial charge on any atom is -0.384 e. The number of rotatable bonds is 7. The summed E-state index contributed by atoms with van der Waals surface area (Å²) >= 11 is 0. The molecule has 0 aliphatic carbocycles. The van der Waals surface area contributed by atoms with Crippen molar-refractivity contribution in [2.24, 2.45) is 5.92 Å². The van der Waals surface area contributed by atoms with Crippen molar-refractivity contribution in [1.82, 2.24) is 9.97 Å². The van der Waals surface area contributed by atoms with Crippen LogP contribution in [-0.4, -0.2) is 30.2 Å². The molecule has 1 atom stereocenters. The van der Waals surface area contributed by atoms with Crippen LogP contribution in [0.1, 0.15) is 26.1 Å². The fourth-order valence-electron chi connectivity index (χ4n) is 1.57. The number of ether oxygens (including phenoxy) is 1. The minimum atomic E-state index is 0.436. The van der Waals surface area contributed by atoms with Gasteiger partial charge in [0.25, 0.3) is 0 Å². The molecule has 5 nitrogen and oxygen atoms in total. The van der Waals surface area contributed by atoms with Gasteiger partial charge in [-0.2, -0.15) is 0 Å². The summed E-state index contributed by atoms with van der Waals surface area (Å²) in [5.74, 6) is 2.55. The Morgan fingerprint density at radius 1 is 1.47 bits per heavy atom. The largest absolute Gasteiger partial charge is 0.384 e. The summed E-state index contributed by atoms with van der Waals surface area (Å²) in [6.45, 7) is 5.76. The number of nitrogens with zero attached hydrogens (tertiary/aromatic N) is 2. The average Bonchev–Trinajstić information content (AvgIpc) is 2.26. The van der Waals surface area contributed by atoms with Crippen molar-refractivity contribution in [1.29, 1.82) is 0 Å². The van der Waals surface area contributed by atoms with Gasteiger partial charge in [-0.05, 0) is 12.3 Å². The van der Waals surface area contributed by atoms with E-state index in [0.717, 1.165) is 37.6 Å². The SMILES string of the molecule is CCCc1nc(N)cc(NCC(C)COC)n1. The van der Waals surface area contributed by atoms with Crippen molar-refractivity contribution >= 4 is 11.6 Å². The van der Waals surface area contributed by atoms with Crippen molar-refractivity contribution in [3.05, 3.63) is 11.9 Å². The maximum Gasteiger partial charge on any atom is 0.133 e. The number of aryl methyl sites for hydroxylation is 1. The molecule has 0 aliphatic rings. The lowest BCUT2D eigenvalue weighted by atomic mass is 10.2. The number of nitrogens with two attached hydrogens (primary N) is 1. The average molecular weight is 238 g/mol. The molecule has 17 heavy (non-hydrogen) atoms. The van der Waals surface area contributed by atoms with E-state index >= 15 is 0 Å². The predicted molar refractivity (Wildman–Crippen MR) is 70.0 cm³/mol. The standard InChI is InChI=1S/C12H22N4O/c1-4-5-11-15-10(13)6-12(16-11)14-7-9(2)8-17-3/h6,9H,4-5,7-8H2,1-3H3,(H3,13,14,15,16). The van der Waals surface area contributed by atoms with Gasteiger partial charge in [0, 0.05) is 26.1 Å². The Labute approximate surface area is 103 Å². The molecular formula is C12H22N4O. The van der Waals surface area contributed by atoms with Crippen LogP contribution in [0.2, 0.25) is 0 Å². The first kappa shape index (κ1) is 13.7.